The Morgan fingerprint density at radius 2 is 1.66 bits per heavy atom. The van der Waals surface area contributed by atoms with Gasteiger partial charge in [-0.1, -0.05) is 49.4 Å². The highest BCUT2D eigenvalue weighted by Gasteiger charge is 2.29. The number of aryl methyl sites for hydroxylation is 1. The lowest BCUT2D eigenvalue weighted by molar-refractivity contribution is -0.135. The lowest BCUT2D eigenvalue weighted by Crippen LogP contribution is -2.39. The van der Waals surface area contributed by atoms with Gasteiger partial charge in [0.1, 0.15) is 12.2 Å². The second-order valence-corrected chi connectivity index (χ2v) is 7.15. The minimum atomic E-state index is -1.36. The Morgan fingerprint density at radius 3 is 2.31 bits per heavy atom. The van der Waals surface area contributed by atoms with Gasteiger partial charge in [0.15, 0.2) is 6.23 Å². The molecule has 0 amide bonds. The Labute approximate surface area is 170 Å². The quantitative estimate of drug-likeness (QED) is 0.418. The van der Waals surface area contributed by atoms with E-state index in [0.717, 1.165) is 22.9 Å². The van der Waals surface area contributed by atoms with E-state index in [0.29, 0.717) is 6.42 Å². The third kappa shape index (κ3) is 4.86. The van der Waals surface area contributed by atoms with Crippen molar-refractivity contribution in [3.8, 4) is 0 Å². The van der Waals surface area contributed by atoms with Crippen molar-refractivity contribution in [2.24, 2.45) is 0 Å². The fourth-order valence-electron chi connectivity index (χ4n) is 3.56. The Kier molecular flexibility index (Phi) is 7.41. The first-order valence-corrected chi connectivity index (χ1v) is 9.94. The third-order valence-corrected chi connectivity index (χ3v) is 5.18. The summed E-state index contributed by atoms with van der Waals surface area (Å²) in [6.45, 7) is 1.33. The first-order chi connectivity index (χ1) is 14.1. The van der Waals surface area contributed by atoms with Crippen molar-refractivity contribution in [1.82, 2.24) is 4.57 Å². The van der Waals surface area contributed by atoms with Crippen molar-refractivity contribution in [3.63, 3.8) is 0 Å². The van der Waals surface area contributed by atoms with E-state index in [9.17, 15) is 15.3 Å². The Balaban J connectivity index is 2.00. The Bertz CT molecular complexity index is 905. The first-order valence-electron chi connectivity index (χ1n) is 9.94. The maximum atomic E-state index is 10.5. The van der Waals surface area contributed by atoms with Crippen LogP contribution in [-0.4, -0.2) is 57.0 Å². The van der Waals surface area contributed by atoms with Crippen LogP contribution in [0, 0.1) is 0 Å². The monoisotopic (exact) mass is 399 g/mol. The summed E-state index contributed by atoms with van der Waals surface area (Å²) >= 11 is 0. The zero-order valence-electron chi connectivity index (χ0n) is 16.6. The van der Waals surface area contributed by atoms with E-state index < -0.39 is 25.0 Å². The molecule has 3 atom stereocenters. The molecule has 0 bridgehead atoms. The molecule has 3 rings (SSSR count). The molecule has 0 fully saturated rings. The van der Waals surface area contributed by atoms with Crippen LogP contribution in [0.2, 0.25) is 0 Å². The van der Waals surface area contributed by atoms with E-state index in [4.69, 9.17) is 9.84 Å². The molecule has 1 aromatic heterocycles. The number of aliphatic hydroxyl groups is 4. The number of hydrogen-bond acceptors (Lipinski definition) is 5. The molecule has 0 spiro atoms. The molecule has 0 radical (unpaired) electrons. The average Bonchev–Trinajstić information content (AvgIpc) is 3.12. The van der Waals surface area contributed by atoms with E-state index in [2.05, 4.69) is 31.2 Å². The molecule has 156 valence electrons. The van der Waals surface area contributed by atoms with E-state index >= 15 is 0 Å². The van der Waals surface area contributed by atoms with E-state index in [1.54, 1.807) is 4.57 Å². The number of rotatable bonds is 10. The van der Waals surface area contributed by atoms with Crippen LogP contribution < -0.4 is 0 Å². The largest absolute Gasteiger partial charge is 0.394 e. The van der Waals surface area contributed by atoms with Crippen molar-refractivity contribution < 1.29 is 25.2 Å². The van der Waals surface area contributed by atoms with Gasteiger partial charge in [-0.05, 0) is 35.6 Å². The van der Waals surface area contributed by atoms with Crippen molar-refractivity contribution in [1.29, 1.82) is 0 Å². The summed E-state index contributed by atoms with van der Waals surface area (Å²) in [4.78, 5) is 0. The average molecular weight is 399 g/mol. The summed E-state index contributed by atoms with van der Waals surface area (Å²) in [6, 6.07) is 16.3. The summed E-state index contributed by atoms with van der Waals surface area (Å²) in [7, 11) is 0. The highest BCUT2D eigenvalue weighted by atomic mass is 16.5. The summed E-state index contributed by atoms with van der Waals surface area (Å²) in [6.07, 6.45) is -0.0279. The number of para-hydroxylation sites is 1. The first kappa shape index (κ1) is 21.5. The van der Waals surface area contributed by atoms with Crippen LogP contribution in [0.25, 0.3) is 10.9 Å². The number of aromatic nitrogens is 1. The van der Waals surface area contributed by atoms with Crippen molar-refractivity contribution in [3.05, 3.63) is 71.4 Å². The molecule has 6 heteroatoms. The molecule has 3 unspecified atom stereocenters. The Morgan fingerprint density at radius 1 is 0.966 bits per heavy atom. The number of ether oxygens (including phenoxy) is 1. The van der Waals surface area contributed by atoms with Gasteiger partial charge >= 0.3 is 0 Å². The van der Waals surface area contributed by atoms with Gasteiger partial charge in [0, 0.05) is 11.6 Å². The molecule has 6 nitrogen and oxygen atoms in total. The van der Waals surface area contributed by atoms with Gasteiger partial charge in [-0.15, -0.1) is 0 Å². The van der Waals surface area contributed by atoms with Gasteiger partial charge in [-0.2, -0.15) is 0 Å². The zero-order chi connectivity index (χ0) is 20.8. The number of benzene rings is 2. The van der Waals surface area contributed by atoms with Crippen molar-refractivity contribution in [2.75, 3.05) is 19.8 Å². The van der Waals surface area contributed by atoms with Crippen LogP contribution in [0.4, 0.5) is 0 Å². The van der Waals surface area contributed by atoms with Crippen molar-refractivity contribution >= 4 is 10.9 Å². The van der Waals surface area contributed by atoms with Gasteiger partial charge in [-0.25, -0.2) is 0 Å². The van der Waals surface area contributed by atoms with Crippen molar-refractivity contribution in [2.45, 2.75) is 38.2 Å². The predicted molar refractivity (Wildman–Crippen MR) is 112 cm³/mol. The smallest absolute Gasteiger partial charge is 0.162 e. The molecule has 1 heterocycles. The van der Waals surface area contributed by atoms with Gasteiger partial charge in [0.2, 0.25) is 0 Å². The lowest BCUT2D eigenvalue weighted by Gasteiger charge is -2.28. The van der Waals surface area contributed by atoms with E-state index in [1.807, 2.05) is 30.5 Å². The number of hydrogen-bond donors (Lipinski definition) is 4. The maximum Gasteiger partial charge on any atom is 0.162 e. The minimum Gasteiger partial charge on any atom is -0.394 e. The Hall–Kier alpha value is -2.22. The summed E-state index contributed by atoms with van der Waals surface area (Å²) in [5.74, 6) is 0. The van der Waals surface area contributed by atoms with Crippen LogP contribution in [-0.2, 0) is 17.6 Å². The SMILES string of the molecule is CCc1ccc(Cc2cn(C(OCCO)C(O)C(O)CO)c3ccccc23)cc1. The molecule has 4 N–H and O–H groups in total. The lowest BCUT2D eigenvalue weighted by atomic mass is 10.0. The maximum absolute atomic E-state index is 10.5. The van der Waals surface area contributed by atoms with E-state index in [1.165, 1.54) is 11.1 Å². The molecule has 0 saturated heterocycles. The number of aliphatic hydroxyl groups excluding tert-OH is 4. The topological polar surface area (TPSA) is 95.1 Å². The highest BCUT2D eigenvalue weighted by molar-refractivity contribution is 5.84. The third-order valence-electron chi connectivity index (χ3n) is 5.18. The molecular formula is C23H29NO5. The summed E-state index contributed by atoms with van der Waals surface area (Å²) in [5.41, 5.74) is 4.37. The van der Waals surface area contributed by atoms with E-state index in [-0.39, 0.29) is 13.2 Å². The second-order valence-electron chi connectivity index (χ2n) is 7.15. The fourth-order valence-corrected chi connectivity index (χ4v) is 3.56. The van der Waals surface area contributed by atoms with Crippen LogP contribution in [0.15, 0.2) is 54.7 Å². The molecule has 0 aliphatic carbocycles. The normalized spacial score (nSPS) is 14.8. The molecule has 2 aromatic carbocycles. The fraction of sp³-hybridized carbons (Fsp3) is 0.391. The predicted octanol–water partition coefficient (Wildman–Crippen LogP) is 2.02. The zero-order valence-corrected chi connectivity index (χ0v) is 16.6. The molecule has 0 aliphatic heterocycles. The van der Waals surface area contributed by atoms with Gasteiger partial charge in [0.05, 0.1) is 25.3 Å². The van der Waals surface area contributed by atoms with Crippen LogP contribution in [0.5, 0.6) is 0 Å². The molecule has 3 aromatic rings. The van der Waals surface area contributed by atoms with Crippen LogP contribution >= 0.6 is 0 Å². The standard InChI is InChI=1S/C23H29NO5/c1-2-16-7-9-17(10-8-16)13-18-14-24(20-6-4-3-5-19(18)20)23(29-12-11-25)22(28)21(27)15-26/h3-10,14,21-23,25-28H,2,11-13,15H2,1H3. The molecule has 29 heavy (non-hydrogen) atoms. The van der Waals surface area contributed by atoms with Gasteiger partial charge in [-0.3, -0.25) is 0 Å². The van der Waals surface area contributed by atoms with Crippen LogP contribution in [0.1, 0.15) is 29.8 Å². The van der Waals surface area contributed by atoms with Gasteiger partial charge < -0.3 is 29.7 Å². The summed E-state index contributed by atoms with van der Waals surface area (Å²) < 4.78 is 7.42. The number of fused-ring (bicyclic) bond motifs is 1. The molecule has 0 aliphatic rings. The minimum absolute atomic E-state index is 0.000194. The van der Waals surface area contributed by atoms with Gasteiger partial charge in [0.25, 0.3) is 0 Å². The highest BCUT2D eigenvalue weighted by Crippen LogP contribution is 2.29. The summed E-state index contributed by atoms with van der Waals surface area (Å²) in [5, 5.41) is 40.0. The molecule has 0 saturated carbocycles. The van der Waals surface area contributed by atoms with Crippen LogP contribution in [0.3, 0.4) is 0 Å². The number of nitrogens with zero attached hydrogens (tertiary/aromatic N) is 1. The molecular weight excluding hydrogens is 370 g/mol. The second kappa shape index (κ2) is 10.0.